The molecular formula is C89H81BN2. The molecule has 15 rings (SSSR count). The summed E-state index contributed by atoms with van der Waals surface area (Å²) in [5.74, 6) is 0. The summed E-state index contributed by atoms with van der Waals surface area (Å²) in [6.45, 7) is 27.4. The van der Waals surface area contributed by atoms with Crippen LogP contribution in [0.2, 0.25) is 0 Å². The van der Waals surface area contributed by atoms with Gasteiger partial charge < -0.3 is 9.80 Å². The van der Waals surface area contributed by atoms with Crippen molar-refractivity contribution in [1.29, 1.82) is 0 Å². The molecule has 92 heavy (non-hydrogen) atoms. The van der Waals surface area contributed by atoms with Gasteiger partial charge in [0.05, 0.1) is 29.3 Å². The smallest absolute Gasteiger partial charge is 0.247 e. The van der Waals surface area contributed by atoms with Crippen molar-refractivity contribution in [3.63, 3.8) is 0 Å². The zero-order valence-electron chi connectivity index (χ0n) is 60.1. The molecule has 450 valence electrons. The summed E-state index contributed by atoms with van der Waals surface area (Å²) in [4.78, 5) is 5.06. The first-order valence-electron chi connectivity index (χ1n) is 35.2. The molecule has 0 N–H and O–H groups in total. The molecule has 0 atom stereocenters. The van der Waals surface area contributed by atoms with Gasteiger partial charge in [-0.2, -0.15) is 0 Å². The van der Waals surface area contributed by atoms with Crippen LogP contribution in [0.4, 0.5) is 34.1 Å². The van der Waals surface area contributed by atoms with E-state index in [-0.39, 0.29) is 58.1 Å². The molecule has 0 fully saturated rings. The van der Waals surface area contributed by atoms with Gasteiger partial charge in [0, 0.05) is 28.2 Å². The van der Waals surface area contributed by atoms with Crippen LogP contribution in [0.3, 0.4) is 0 Å². The van der Waals surface area contributed by atoms with Crippen LogP contribution in [0.1, 0.15) is 134 Å². The molecule has 3 heterocycles. The highest BCUT2D eigenvalue weighted by molar-refractivity contribution is 6.99. The number of fused-ring (bicyclic) bond motifs is 10. The van der Waals surface area contributed by atoms with Crippen LogP contribution in [0, 0.1) is 0 Å². The van der Waals surface area contributed by atoms with Crippen LogP contribution < -0.4 is 26.2 Å². The highest BCUT2D eigenvalue weighted by Gasteiger charge is 2.56. The van der Waals surface area contributed by atoms with Crippen molar-refractivity contribution >= 4 is 57.2 Å². The Labute approximate surface area is 554 Å². The highest BCUT2D eigenvalue weighted by atomic mass is 15.2. The van der Waals surface area contributed by atoms with Crippen LogP contribution in [0.5, 0.6) is 0 Å². The van der Waals surface area contributed by atoms with Gasteiger partial charge in [0.25, 0.3) is 0 Å². The summed E-state index contributed by atoms with van der Waals surface area (Å²) in [5.41, 5.74) is 26.5. The molecule has 0 bridgehead atoms. The molecule has 3 aliphatic rings. The largest absolute Gasteiger partial charge is 0.310 e. The lowest BCUT2D eigenvalue weighted by molar-refractivity contribution is 0.568. The predicted octanol–water partition coefficient (Wildman–Crippen LogP) is 22.0. The molecule has 0 aliphatic carbocycles. The lowest BCUT2D eigenvalue weighted by Crippen LogP contribution is -2.65. The van der Waals surface area contributed by atoms with Gasteiger partial charge in [-0.1, -0.05) is 319 Å². The zero-order valence-corrected chi connectivity index (χ0v) is 55.1. The third kappa shape index (κ3) is 9.69. The van der Waals surface area contributed by atoms with Crippen molar-refractivity contribution in [3.8, 4) is 55.6 Å². The fourth-order valence-electron chi connectivity index (χ4n) is 14.9. The summed E-state index contributed by atoms with van der Waals surface area (Å²) in [5, 5.41) is 0. The van der Waals surface area contributed by atoms with E-state index in [0.717, 1.165) is 112 Å². The Balaban J connectivity index is 1.18. The summed E-state index contributed by atoms with van der Waals surface area (Å²) < 4.78 is 46.3. The first-order chi connectivity index (χ1) is 46.2. The molecule has 0 aromatic heterocycles. The average molecular weight is 1190 g/mol. The van der Waals surface area contributed by atoms with E-state index in [1.807, 2.05) is 6.07 Å². The van der Waals surface area contributed by atoms with Gasteiger partial charge >= 0.3 is 0 Å². The minimum atomic E-state index is -1.12. The third-order valence-electron chi connectivity index (χ3n) is 19.8. The Bertz CT molecular complexity index is 4970. The molecule has 0 radical (unpaired) electrons. The van der Waals surface area contributed by atoms with Crippen LogP contribution in [-0.4, -0.2) is 6.71 Å². The second-order valence-electron chi connectivity index (χ2n) is 29.8. The minimum Gasteiger partial charge on any atom is -0.310 e. The van der Waals surface area contributed by atoms with Gasteiger partial charge in [0.1, 0.15) is 0 Å². The standard InChI is InChI=1S/C89H81BN2/c1-85(2,3)66-48-63(49-67(56-66)86(4,5)6)62-45-47-78-81(54-62)92(84-71(59-32-19-14-20-33-59)38-29-39-72(84)60-34-21-15-22-35-60)82-55-65(64-50-68(87(7,8)9)57-69(51-64)88(10,11)12)53-76-83(82)90(78)77-46-44-61(58-30-17-13-18-31-58)52-75(77)89(76)73-40-25-27-42-79(73)91(70-36-23-16-24-37-70)80-43-28-26-41-74(80)89/h13-57H,1-12H3/i13D,17D,18D,30D,31D. The molecule has 0 unspecified atom stereocenters. The van der Waals surface area contributed by atoms with Crippen molar-refractivity contribution in [1.82, 2.24) is 0 Å². The zero-order chi connectivity index (χ0) is 68.0. The first kappa shape index (κ1) is 53.0. The normalized spacial score (nSPS) is 14.7. The average Bonchev–Trinajstić information content (AvgIpc) is 0.662. The first-order valence-corrected chi connectivity index (χ1v) is 32.7. The lowest BCUT2D eigenvalue weighted by Gasteiger charge is -2.52. The molecule has 0 saturated heterocycles. The van der Waals surface area contributed by atoms with Crippen LogP contribution in [0.25, 0.3) is 55.6 Å². The summed E-state index contributed by atoms with van der Waals surface area (Å²) >= 11 is 0. The Kier molecular flexibility index (Phi) is 12.5. The van der Waals surface area contributed by atoms with Gasteiger partial charge in [0.2, 0.25) is 6.71 Å². The molecule has 12 aromatic carbocycles. The second-order valence-corrected chi connectivity index (χ2v) is 29.8. The van der Waals surface area contributed by atoms with Gasteiger partial charge in [0.15, 0.2) is 0 Å². The minimum absolute atomic E-state index is 0.136. The number of hydrogen-bond acceptors (Lipinski definition) is 2. The summed E-state index contributed by atoms with van der Waals surface area (Å²) in [7, 11) is 0. The van der Waals surface area contributed by atoms with Crippen molar-refractivity contribution < 1.29 is 6.85 Å². The predicted molar refractivity (Wildman–Crippen MR) is 394 cm³/mol. The maximum atomic E-state index is 9.64. The van der Waals surface area contributed by atoms with E-state index in [1.165, 1.54) is 27.7 Å². The summed E-state index contributed by atoms with van der Waals surface area (Å²) in [6, 6.07) is 88.6. The number of anilines is 6. The maximum Gasteiger partial charge on any atom is 0.247 e. The molecule has 3 aliphatic heterocycles. The highest BCUT2D eigenvalue weighted by Crippen LogP contribution is 2.61. The number of nitrogens with zero attached hydrogens (tertiary/aromatic N) is 2. The molecule has 3 heteroatoms. The fraction of sp³-hybridized carbons (Fsp3) is 0.191. The molecular weight excluding hydrogens is 1110 g/mol. The van der Waals surface area contributed by atoms with Crippen molar-refractivity contribution in [2.75, 3.05) is 9.80 Å². The van der Waals surface area contributed by atoms with Crippen LogP contribution in [-0.2, 0) is 27.1 Å². The van der Waals surface area contributed by atoms with Gasteiger partial charge in [-0.05, 0) is 164 Å². The van der Waals surface area contributed by atoms with Gasteiger partial charge in [-0.15, -0.1) is 0 Å². The van der Waals surface area contributed by atoms with Gasteiger partial charge in [-0.25, -0.2) is 0 Å². The number of hydrogen-bond donors (Lipinski definition) is 0. The second kappa shape index (κ2) is 21.7. The maximum absolute atomic E-state index is 9.64. The van der Waals surface area contributed by atoms with Crippen LogP contribution in [0.15, 0.2) is 273 Å². The Morgan fingerprint density at radius 2 is 0.728 bits per heavy atom. The van der Waals surface area contributed by atoms with Crippen molar-refractivity contribution in [2.24, 2.45) is 0 Å². The molecule has 0 amide bonds. The topological polar surface area (TPSA) is 6.48 Å². The van der Waals surface area contributed by atoms with Crippen molar-refractivity contribution in [2.45, 2.75) is 110 Å². The molecule has 2 nitrogen and oxygen atoms in total. The Hall–Kier alpha value is -9.70. The van der Waals surface area contributed by atoms with Gasteiger partial charge in [-0.3, -0.25) is 0 Å². The molecule has 12 aromatic rings. The van der Waals surface area contributed by atoms with Crippen molar-refractivity contribution in [3.05, 3.63) is 317 Å². The van der Waals surface area contributed by atoms with E-state index >= 15 is 0 Å². The number of rotatable bonds is 7. The number of para-hydroxylation sites is 4. The Morgan fingerprint density at radius 1 is 0.304 bits per heavy atom. The van der Waals surface area contributed by atoms with E-state index in [4.69, 9.17) is 4.11 Å². The molecule has 0 saturated carbocycles. The number of benzene rings is 12. The Morgan fingerprint density at radius 3 is 1.24 bits per heavy atom. The lowest BCUT2D eigenvalue weighted by atomic mass is 9.29. The van der Waals surface area contributed by atoms with E-state index in [2.05, 4.69) is 329 Å². The molecule has 1 spiro atoms. The van der Waals surface area contributed by atoms with Crippen LogP contribution >= 0.6 is 0 Å². The third-order valence-corrected chi connectivity index (χ3v) is 19.8. The van der Waals surface area contributed by atoms with E-state index in [1.54, 1.807) is 0 Å². The quantitative estimate of drug-likeness (QED) is 0.147. The SMILES string of the molecule is [2H]c1c([2H])c([2H])c(-c2ccc3c(c2)C2(c4ccccc4N(c4ccccc4)c4ccccc42)c2cc(-c4cc(C(C)(C)C)cc(C(C)(C)C)c4)cc4c2B3c2ccc(-c3cc(C(C)(C)C)cc(C(C)(C)C)c3)cc2N4c2c(-c3ccccc3)cccc2-c2ccccc2)c([2H])c1[2H]. The van der Waals surface area contributed by atoms with E-state index in [0.29, 0.717) is 5.56 Å². The van der Waals surface area contributed by atoms with E-state index < -0.39 is 11.5 Å². The van der Waals surface area contributed by atoms with E-state index in [9.17, 15) is 2.74 Å². The summed E-state index contributed by atoms with van der Waals surface area (Å²) in [6.07, 6.45) is 0. The fourth-order valence-corrected chi connectivity index (χ4v) is 14.9. The monoisotopic (exact) mass is 1190 g/mol.